The van der Waals surface area contributed by atoms with Gasteiger partial charge in [-0.3, -0.25) is 0 Å². The molecule has 1 aliphatic rings. The molecule has 4 heteroatoms. The van der Waals surface area contributed by atoms with Crippen molar-refractivity contribution in [3.05, 3.63) is 0 Å². The van der Waals surface area contributed by atoms with Crippen molar-refractivity contribution in [3.8, 4) is 0 Å². The molecule has 0 fully saturated rings. The lowest BCUT2D eigenvalue weighted by Gasteiger charge is -1.64. The summed E-state index contributed by atoms with van der Waals surface area (Å²) in [6.07, 6.45) is 0.780. The lowest BCUT2D eigenvalue weighted by molar-refractivity contribution is 0.257. The van der Waals surface area contributed by atoms with Gasteiger partial charge in [0.05, 0.1) is 6.21 Å². The third-order valence-corrected chi connectivity index (χ3v) is 0.484. The molecule has 0 atom stereocenters. The molecule has 7 heavy (non-hydrogen) atoms. The smallest absolute Gasteiger partial charge is 0.244 e. The first-order chi connectivity index (χ1) is 3.29. The highest BCUT2D eigenvalue weighted by atomic mass is 19.1. The number of carbonyl (C=O) groups excluding carboxylic acids is 1. The molecule has 0 radical (unpaired) electrons. The Morgan fingerprint density at radius 3 is 2.57 bits per heavy atom. The maximum Gasteiger partial charge on any atom is 0.369 e. The van der Waals surface area contributed by atoms with E-state index in [1.54, 1.807) is 0 Å². The van der Waals surface area contributed by atoms with Gasteiger partial charge in [0.25, 0.3) is 0 Å². The van der Waals surface area contributed by atoms with E-state index >= 15 is 0 Å². The number of rotatable bonds is 0. The topological polar surface area (TPSA) is 41.8 Å². The summed E-state index contributed by atoms with van der Waals surface area (Å²) < 4.78 is 11.6. The fraction of sp³-hybridized carbons (Fsp3) is 0. The largest absolute Gasteiger partial charge is 0.369 e. The number of hydrogen-bond acceptors (Lipinski definition) is 1. The van der Waals surface area contributed by atoms with E-state index in [0.717, 1.165) is 6.21 Å². The summed E-state index contributed by atoms with van der Waals surface area (Å²) in [7, 11) is 0. The fourth-order valence-electron chi connectivity index (χ4n) is 0.258. The van der Waals surface area contributed by atoms with Crippen molar-refractivity contribution in [3.63, 3.8) is 0 Å². The SMILES string of the molecule is O=C1N=CC(F)=N1. The average Bonchev–Trinajstić information content (AvgIpc) is 1.87. The molecule has 1 rings (SSSR count). The molecule has 0 spiro atoms. The van der Waals surface area contributed by atoms with E-state index in [2.05, 4.69) is 9.98 Å². The highest BCUT2D eigenvalue weighted by Gasteiger charge is 2.04. The van der Waals surface area contributed by atoms with Gasteiger partial charge < -0.3 is 0 Å². The number of urea groups is 1. The Balaban J connectivity index is 2.88. The molecule has 0 saturated heterocycles. The molecule has 0 aromatic heterocycles. The molecule has 36 valence electrons. The predicted molar refractivity (Wildman–Crippen MR) is 22.4 cm³/mol. The van der Waals surface area contributed by atoms with Crippen LogP contribution in [0.1, 0.15) is 0 Å². The summed E-state index contributed by atoms with van der Waals surface area (Å²) >= 11 is 0. The van der Waals surface area contributed by atoms with Crippen molar-refractivity contribution in [2.24, 2.45) is 9.98 Å². The molecule has 0 aliphatic carbocycles. The van der Waals surface area contributed by atoms with E-state index in [9.17, 15) is 9.18 Å². The Bertz CT molecular complexity index is 160. The molecule has 1 heterocycles. The van der Waals surface area contributed by atoms with Gasteiger partial charge in [-0.2, -0.15) is 14.4 Å². The summed E-state index contributed by atoms with van der Waals surface area (Å²) in [4.78, 5) is 15.6. The highest BCUT2D eigenvalue weighted by Crippen LogP contribution is 1.91. The van der Waals surface area contributed by atoms with Crippen molar-refractivity contribution >= 4 is 18.2 Å². The first-order valence-electron chi connectivity index (χ1n) is 1.61. The minimum atomic E-state index is -0.815. The molecule has 0 saturated carbocycles. The second kappa shape index (κ2) is 1.22. The number of carbonyl (C=O) groups is 1. The standard InChI is InChI=1S/C3HFN2O/c4-2-1-5-3(7)6-2/h1H. The quantitative estimate of drug-likeness (QED) is 0.438. The van der Waals surface area contributed by atoms with Gasteiger partial charge in [0.15, 0.2) is 0 Å². The van der Waals surface area contributed by atoms with E-state index < -0.39 is 12.0 Å². The van der Waals surface area contributed by atoms with Crippen LogP contribution in [0.4, 0.5) is 9.18 Å². The van der Waals surface area contributed by atoms with Gasteiger partial charge in [-0.1, -0.05) is 0 Å². The molecular formula is C3HFN2O. The molecule has 0 N–H and O–H groups in total. The maximum absolute atomic E-state index is 11.6. The minimum absolute atomic E-state index is 0.766. The summed E-state index contributed by atoms with van der Waals surface area (Å²) in [5.41, 5.74) is 0. The first-order valence-corrected chi connectivity index (χ1v) is 1.61. The van der Waals surface area contributed by atoms with Crippen LogP contribution in [0.3, 0.4) is 0 Å². The van der Waals surface area contributed by atoms with Crippen molar-refractivity contribution in [2.45, 2.75) is 0 Å². The highest BCUT2D eigenvalue weighted by molar-refractivity contribution is 6.33. The van der Waals surface area contributed by atoms with Crippen molar-refractivity contribution in [1.82, 2.24) is 0 Å². The van der Waals surface area contributed by atoms with Crippen LogP contribution in [-0.4, -0.2) is 18.2 Å². The van der Waals surface area contributed by atoms with Crippen LogP contribution >= 0.6 is 0 Å². The second-order valence-corrected chi connectivity index (χ2v) is 0.975. The maximum atomic E-state index is 11.6. The fourth-order valence-corrected chi connectivity index (χ4v) is 0.258. The van der Waals surface area contributed by atoms with Crippen LogP contribution in [-0.2, 0) is 0 Å². The zero-order chi connectivity index (χ0) is 5.28. The number of halogens is 1. The first kappa shape index (κ1) is 4.11. The summed E-state index contributed by atoms with van der Waals surface area (Å²) in [5, 5.41) is 0. The van der Waals surface area contributed by atoms with Crippen LogP contribution in [0.15, 0.2) is 9.98 Å². The second-order valence-electron chi connectivity index (χ2n) is 0.975. The van der Waals surface area contributed by atoms with Gasteiger partial charge in [0.2, 0.25) is 5.97 Å². The monoisotopic (exact) mass is 100 g/mol. The van der Waals surface area contributed by atoms with Crippen LogP contribution in [0, 0.1) is 0 Å². The normalized spacial score (nSPS) is 17.9. The Hall–Kier alpha value is -1.06. The van der Waals surface area contributed by atoms with Gasteiger partial charge in [-0.25, -0.2) is 4.79 Å². The zero-order valence-electron chi connectivity index (χ0n) is 3.26. The number of aliphatic imine (C=N–C) groups is 2. The molecule has 2 amide bonds. The van der Waals surface area contributed by atoms with Gasteiger partial charge in [0.1, 0.15) is 0 Å². The predicted octanol–water partition coefficient (Wildman–Crippen LogP) is 0.559. The van der Waals surface area contributed by atoms with Crippen molar-refractivity contribution in [1.29, 1.82) is 0 Å². The number of hydrogen-bond donors (Lipinski definition) is 0. The van der Waals surface area contributed by atoms with Gasteiger partial charge in [-0.05, 0) is 0 Å². The van der Waals surface area contributed by atoms with Crippen LogP contribution in [0.5, 0.6) is 0 Å². The lowest BCUT2D eigenvalue weighted by Crippen LogP contribution is -1.80. The number of amides is 2. The van der Waals surface area contributed by atoms with E-state index in [-0.39, 0.29) is 0 Å². The Kier molecular flexibility index (Phi) is 0.714. The molecule has 0 aromatic rings. The Labute approximate surface area is 38.6 Å². The van der Waals surface area contributed by atoms with Crippen LogP contribution in [0.25, 0.3) is 0 Å². The van der Waals surface area contributed by atoms with Crippen LogP contribution in [0.2, 0.25) is 0 Å². The van der Waals surface area contributed by atoms with Crippen LogP contribution < -0.4 is 0 Å². The van der Waals surface area contributed by atoms with E-state index in [1.807, 2.05) is 0 Å². The summed E-state index contributed by atoms with van der Waals surface area (Å²) in [6.45, 7) is 0. The van der Waals surface area contributed by atoms with Crippen molar-refractivity contribution < 1.29 is 9.18 Å². The van der Waals surface area contributed by atoms with Crippen molar-refractivity contribution in [2.75, 3.05) is 0 Å². The van der Waals surface area contributed by atoms with Gasteiger partial charge >= 0.3 is 6.03 Å². The summed E-state index contributed by atoms with van der Waals surface area (Å²) in [5.74, 6) is -0.815. The molecule has 1 aliphatic heterocycles. The lowest BCUT2D eigenvalue weighted by atomic mass is 10.8. The third-order valence-electron chi connectivity index (χ3n) is 0.484. The molecule has 0 aromatic carbocycles. The third kappa shape index (κ3) is 0.677. The van der Waals surface area contributed by atoms with E-state index in [4.69, 9.17) is 0 Å². The zero-order valence-corrected chi connectivity index (χ0v) is 3.26. The number of nitrogens with zero attached hydrogens (tertiary/aromatic N) is 2. The van der Waals surface area contributed by atoms with E-state index in [0.29, 0.717) is 0 Å². The Morgan fingerprint density at radius 2 is 2.43 bits per heavy atom. The average molecular weight is 100 g/mol. The minimum Gasteiger partial charge on any atom is -0.244 e. The molecule has 0 bridgehead atoms. The molecule has 3 nitrogen and oxygen atoms in total. The van der Waals surface area contributed by atoms with Gasteiger partial charge in [-0.15, -0.1) is 0 Å². The summed E-state index contributed by atoms with van der Waals surface area (Å²) in [6, 6.07) is -0.766. The molecular weight excluding hydrogens is 99.0 g/mol. The van der Waals surface area contributed by atoms with Gasteiger partial charge in [0, 0.05) is 0 Å². The van der Waals surface area contributed by atoms with E-state index in [1.165, 1.54) is 0 Å². The molecule has 0 unspecified atom stereocenters. The Morgan fingerprint density at radius 1 is 1.71 bits per heavy atom.